The summed E-state index contributed by atoms with van der Waals surface area (Å²) in [6.07, 6.45) is 4.94. The second-order valence-corrected chi connectivity index (χ2v) is 7.75. The first kappa shape index (κ1) is 14.4. The fourth-order valence-corrected chi connectivity index (χ4v) is 3.62. The van der Waals surface area contributed by atoms with Crippen molar-refractivity contribution in [2.24, 2.45) is 5.41 Å². The summed E-state index contributed by atoms with van der Waals surface area (Å²) >= 11 is 0. The van der Waals surface area contributed by atoms with Crippen LogP contribution >= 0.6 is 0 Å². The smallest absolute Gasteiger partial charge is 0.180 e. The maximum Gasteiger partial charge on any atom is 0.180 e. The van der Waals surface area contributed by atoms with Gasteiger partial charge in [-0.15, -0.1) is 0 Å². The van der Waals surface area contributed by atoms with Crippen LogP contribution in [0.1, 0.15) is 39.5 Å². The zero-order valence-corrected chi connectivity index (χ0v) is 12.6. The normalized spacial score (nSPS) is 17.2. The molecule has 1 aliphatic rings. The van der Waals surface area contributed by atoms with Crippen molar-refractivity contribution in [3.8, 4) is 0 Å². The molecular formula is C15H23NO2S. The molecule has 19 heavy (non-hydrogen) atoms. The average molecular weight is 281 g/mol. The van der Waals surface area contributed by atoms with Crippen molar-refractivity contribution in [2.45, 2.75) is 44.4 Å². The number of sulfone groups is 1. The Morgan fingerprint density at radius 1 is 1.21 bits per heavy atom. The van der Waals surface area contributed by atoms with Crippen LogP contribution in [-0.4, -0.2) is 20.7 Å². The fourth-order valence-electron chi connectivity index (χ4n) is 2.54. The molecule has 106 valence electrons. The molecule has 1 fully saturated rings. The average Bonchev–Trinajstić information content (AvgIpc) is 3.17. The van der Waals surface area contributed by atoms with E-state index in [9.17, 15) is 8.42 Å². The predicted octanol–water partition coefficient (Wildman–Crippen LogP) is 3.47. The highest BCUT2D eigenvalue weighted by Crippen LogP contribution is 2.49. The summed E-state index contributed by atoms with van der Waals surface area (Å²) in [5.41, 5.74) is 1.17. The van der Waals surface area contributed by atoms with E-state index in [1.807, 2.05) is 12.1 Å². The molecule has 4 heteroatoms. The Labute approximate surface area is 116 Å². The topological polar surface area (TPSA) is 46.2 Å². The Morgan fingerprint density at radius 2 is 1.89 bits per heavy atom. The van der Waals surface area contributed by atoms with Crippen LogP contribution in [0.2, 0.25) is 0 Å². The highest BCUT2D eigenvalue weighted by molar-refractivity contribution is 7.91. The van der Waals surface area contributed by atoms with Crippen molar-refractivity contribution in [3.05, 3.63) is 24.3 Å². The molecule has 0 aliphatic heterocycles. The summed E-state index contributed by atoms with van der Waals surface area (Å²) in [4.78, 5) is 0.435. The van der Waals surface area contributed by atoms with Gasteiger partial charge in [0.15, 0.2) is 9.84 Å². The van der Waals surface area contributed by atoms with Crippen molar-refractivity contribution in [2.75, 3.05) is 17.6 Å². The van der Waals surface area contributed by atoms with Gasteiger partial charge in [-0.05, 0) is 36.8 Å². The molecule has 0 aromatic heterocycles. The van der Waals surface area contributed by atoms with Gasteiger partial charge in [-0.25, -0.2) is 8.42 Å². The number of nitrogens with one attached hydrogen (secondary N) is 1. The fraction of sp³-hybridized carbons (Fsp3) is 0.600. The number of benzene rings is 1. The third-order valence-electron chi connectivity index (χ3n) is 3.99. The maximum atomic E-state index is 12.0. The van der Waals surface area contributed by atoms with Gasteiger partial charge in [-0.3, -0.25) is 0 Å². The van der Waals surface area contributed by atoms with E-state index in [0.717, 1.165) is 12.2 Å². The van der Waals surface area contributed by atoms with E-state index < -0.39 is 9.84 Å². The monoisotopic (exact) mass is 281 g/mol. The highest BCUT2D eigenvalue weighted by atomic mass is 32.2. The molecule has 1 aliphatic carbocycles. The Bertz CT molecular complexity index is 533. The zero-order chi connectivity index (χ0) is 13.9. The SMILES string of the molecule is CCCC1(CNc2ccccc2S(=O)(=O)CC)CC1. The van der Waals surface area contributed by atoms with Crippen LogP contribution in [0, 0.1) is 5.41 Å². The molecule has 0 unspecified atom stereocenters. The summed E-state index contributed by atoms with van der Waals surface area (Å²) in [6, 6.07) is 7.23. The number of rotatable bonds is 7. The van der Waals surface area contributed by atoms with Crippen molar-refractivity contribution in [3.63, 3.8) is 0 Å². The van der Waals surface area contributed by atoms with Crippen molar-refractivity contribution < 1.29 is 8.42 Å². The van der Waals surface area contributed by atoms with Crippen LogP contribution in [0.4, 0.5) is 5.69 Å². The van der Waals surface area contributed by atoms with E-state index in [2.05, 4.69) is 12.2 Å². The first-order valence-electron chi connectivity index (χ1n) is 7.09. The summed E-state index contributed by atoms with van der Waals surface area (Å²) in [5.74, 6) is 0.145. The van der Waals surface area contributed by atoms with Crippen LogP contribution < -0.4 is 5.32 Å². The molecule has 0 heterocycles. The van der Waals surface area contributed by atoms with Crippen LogP contribution in [-0.2, 0) is 9.84 Å². The summed E-state index contributed by atoms with van der Waals surface area (Å²) in [5, 5.41) is 3.36. The Balaban J connectivity index is 2.13. The molecule has 0 spiro atoms. The highest BCUT2D eigenvalue weighted by Gasteiger charge is 2.41. The standard InChI is InChI=1S/C15H23NO2S/c1-3-9-15(10-11-15)12-16-13-7-5-6-8-14(13)19(17,18)4-2/h5-8,16H,3-4,9-12H2,1-2H3. The van der Waals surface area contributed by atoms with Gasteiger partial charge in [0.2, 0.25) is 0 Å². The number of hydrogen-bond donors (Lipinski definition) is 1. The van der Waals surface area contributed by atoms with Crippen molar-refractivity contribution in [1.29, 1.82) is 0 Å². The summed E-state index contributed by atoms with van der Waals surface area (Å²) in [6.45, 7) is 4.78. The number of para-hydroxylation sites is 1. The second kappa shape index (κ2) is 5.53. The minimum atomic E-state index is -3.15. The van der Waals surface area contributed by atoms with Crippen LogP contribution in [0.3, 0.4) is 0 Å². The lowest BCUT2D eigenvalue weighted by molar-refractivity contribution is 0.485. The minimum absolute atomic E-state index is 0.145. The van der Waals surface area contributed by atoms with E-state index in [-0.39, 0.29) is 5.75 Å². The number of anilines is 1. The molecule has 1 aromatic rings. The van der Waals surface area contributed by atoms with Gasteiger partial charge in [-0.2, -0.15) is 0 Å². The lowest BCUT2D eigenvalue weighted by Gasteiger charge is -2.17. The zero-order valence-electron chi connectivity index (χ0n) is 11.8. The third-order valence-corrected chi connectivity index (χ3v) is 5.78. The quantitative estimate of drug-likeness (QED) is 0.832. The van der Waals surface area contributed by atoms with Gasteiger partial charge < -0.3 is 5.32 Å². The molecular weight excluding hydrogens is 258 g/mol. The molecule has 0 bridgehead atoms. The van der Waals surface area contributed by atoms with Crippen molar-refractivity contribution >= 4 is 15.5 Å². The molecule has 1 saturated carbocycles. The van der Waals surface area contributed by atoms with Crippen LogP contribution in [0.15, 0.2) is 29.2 Å². The van der Waals surface area contributed by atoms with E-state index >= 15 is 0 Å². The largest absolute Gasteiger partial charge is 0.383 e. The predicted molar refractivity (Wildman–Crippen MR) is 79.2 cm³/mol. The van der Waals surface area contributed by atoms with Crippen LogP contribution in [0.5, 0.6) is 0 Å². The lowest BCUT2D eigenvalue weighted by Crippen LogP contribution is -2.17. The third kappa shape index (κ3) is 3.30. The minimum Gasteiger partial charge on any atom is -0.383 e. The molecule has 1 N–H and O–H groups in total. The molecule has 3 nitrogen and oxygen atoms in total. The first-order valence-corrected chi connectivity index (χ1v) is 8.74. The molecule has 0 saturated heterocycles. The van der Waals surface area contributed by atoms with Gasteiger partial charge in [0.25, 0.3) is 0 Å². The molecule has 2 rings (SSSR count). The van der Waals surface area contributed by atoms with E-state index in [4.69, 9.17) is 0 Å². The van der Waals surface area contributed by atoms with E-state index in [1.54, 1.807) is 19.1 Å². The summed E-state index contributed by atoms with van der Waals surface area (Å²) < 4.78 is 24.1. The molecule has 1 aromatic carbocycles. The van der Waals surface area contributed by atoms with Gasteiger partial charge in [0.1, 0.15) is 0 Å². The summed E-state index contributed by atoms with van der Waals surface area (Å²) in [7, 11) is -3.15. The van der Waals surface area contributed by atoms with E-state index in [1.165, 1.54) is 25.7 Å². The van der Waals surface area contributed by atoms with E-state index in [0.29, 0.717) is 10.3 Å². The second-order valence-electron chi connectivity index (χ2n) is 5.50. The molecule has 0 amide bonds. The Morgan fingerprint density at radius 3 is 2.47 bits per heavy atom. The molecule has 0 radical (unpaired) electrons. The van der Waals surface area contributed by atoms with Gasteiger partial charge in [-0.1, -0.05) is 32.4 Å². The molecule has 0 atom stereocenters. The first-order chi connectivity index (χ1) is 9.03. The van der Waals surface area contributed by atoms with Crippen LogP contribution in [0.25, 0.3) is 0 Å². The van der Waals surface area contributed by atoms with Gasteiger partial charge in [0, 0.05) is 6.54 Å². The Kier molecular flexibility index (Phi) is 4.19. The van der Waals surface area contributed by atoms with Crippen molar-refractivity contribution in [1.82, 2.24) is 0 Å². The lowest BCUT2D eigenvalue weighted by atomic mass is 10.0. The van der Waals surface area contributed by atoms with Gasteiger partial charge in [0.05, 0.1) is 16.3 Å². The number of hydrogen-bond acceptors (Lipinski definition) is 3. The maximum absolute atomic E-state index is 12.0. The Hall–Kier alpha value is -1.03. The van der Waals surface area contributed by atoms with Gasteiger partial charge >= 0.3 is 0 Å².